The normalized spacial score (nSPS) is 14.3. The summed E-state index contributed by atoms with van der Waals surface area (Å²) in [6.45, 7) is 0.0813. The van der Waals surface area contributed by atoms with Crippen molar-refractivity contribution in [3.63, 3.8) is 0 Å². The Labute approximate surface area is 247 Å². The van der Waals surface area contributed by atoms with E-state index in [-0.39, 0.29) is 42.3 Å². The molecule has 1 N–H and O–H groups in total. The van der Waals surface area contributed by atoms with Crippen molar-refractivity contribution >= 4 is 92.2 Å². The molecule has 0 aliphatic carbocycles. The lowest BCUT2D eigenvalue weighted by Gasteiger charge is -2.15. The third-order valence-electron chi connectivity index (χ3n) is 5.83. The number of fused-ring (bicyclic) bond motifs is 1. The molecule has 7 nitrogen and oxygen atoms in total. The lowest BCUT2D eigenvalue weighted by molar-refractivity contribution is -0.122. The summed E-state index contributed by atoms with van der Waals surface area (Å²) < 4.78 is 15.0. The highest BCUT2D eigenvalue weighted by Gasteiger charge is 2.32. The van der Waals surface area contributed by atoms with Crippen molar-refractivity contribution in [2.75, 3.05) is 17.6 Å². The highest BCUT2D eigenvalue weighted by atomic mass is 35.5. The smallest absolute Gasteiger partial charge is 0.266 e. The van der Waals surface area contributed by atoms with Crippen LogP contribution >= 0.6 is 47.3 Å². The van der Waals surface area contributed by atoms with E-state index in [4.69, 9.17) is 23.8 Å². The van der Waals surface area contributed by atoms with Gasteiger partial charge >= 0.3 is 0 Å². The number of amides is 2. The second-order valence-corrected chi connectivity index (χ2v) is 11.6. The topological polar surface area (TPSA) is 84.3 Å². The van der Waals surface area contributed by atoms with Gasteiger partial charge in [0.2, 0.25) is 11.8 Å². The second-order valence-electron chi connectivity index (χ2n) is 8.59. The molecule has 0 saturated carbocycles. The fourth-order valence-corrected chi connectivity index (χ4v) is 6.18. The number of aromatic nitrogens is 2. The van der Waals surface area contributed by atoms with Gasteiger partial charge in [-0.2, -0.15) is 0 Å². The molecule has 1 fully saturated rings. The van der Waals surface area contributed by atoms with Gasteiger partial charge < -0.3 is 5.32 Å². The summed E-state index contributed by atoms with van der Waals surface area (Å²) in [5, 5.41) is 3.73. The number of benzene rings is 3. The number of thiocarbonyl (C=S) groups is 1. The number of nitrogens with zero attached hydrogens (tertiary/aromatic N) is 3. The molecule has 40 heavy (non-hydrogen) atoms. The van der Waals surface area contributed by atoms with Crippen molar-refractivity contribution in [1.82, 2.24) is 14.5 Å². The Morgan fingerprint density at radius 2 is 1.80 bits per heavy atom. The summed E-state index contributed by atoms with van der Waals surface area (Å²) in [5.41, 5.74) is 2.50. The Morgan fingerprint density at radius 1 is 1.07 bits per heavy atom. The summed E-state index contributed by atoms with van der Waals surface area (Å²) in [7, 11) is 0. The van der Waals surface area contributed by atoms with Crippen LogP contribution in [0, 0.1) is 5.82 Å². The molecule has 5 rings (SSSR count). The van der Waals surface area contributed by atoms with Gasteiger partial charge in [0, 0.05) is 23.7 Å². The summed E-state index contributed by atoms with van der Waals surface area (Å²) in [4.78, 5) is 45.3. The maximum atomic E-state index is 13.4. The molecule has 1 aliphatic heterocycles. The minimum absolute atomic E-state index is 0.0127. The maximum absolute atomic E-state index is 13.4. The number of carbonyl (C=O) groups is 3. The molecule has 1 aliphatic rings. The number of hydrogen-bond donors (Lipinski definition) is 1. The number of para-hydroxylation sites is 2. The molecule has 0 atom stereocenters. The number of rotatable bonds is 8. The Bertz CT molecular complexity index is 1660. The molecule has 0 spiro atoms. The van der Waals surface area contributed by atoms with Crippen LogP contribution in [0.4, 0.5) is 10.1 Å². The van der Waals surface area contributed by atoms with Crippen LogP contribution in [-0.4, -0.2) is 48.8 Å². The number of anilines is 1. The van der Waals surface area contributed by atoms with E-state index in [9.17, 15) is 18.8 Å². The van der Waals surface area contributed by atoms with Gasteiger partial charge in [0.05, 0.1) is 21.7 Å². The van der Waals surface area contributed by atoms with E-state index in [1.54, 1.807) is 60.7 Å². The van der Waals surface area contributed by atoms with Crippen LogP contribution in [0.2, 0.25) is 5.02 Å². The molecule has 1 saturated heterocycles. The predicted octanol–water partition coefficient (Wildman–Crippen LogP) is 6.49. The van der Waals surface area contributed by atoms with Crippen LogP contribution < -0.4 is 5.32 Å². The van der Waals surface area contributed by atoms with E-state index in [0.717, 1.165) is 23.5 Å². The van der Waals surface area contributed by atoms with E-state index in [1.165, 1.54) is 21.6 Å². The lowest BCUT2D eigenvalue weighted by Crippen LogP contribution is -2.31. The monoisotopic (exact) mass is 610 g/mol. The standard InChI is InChI=1S/C28H20ClFN4O3S3/c29-18-7-11-20(12-8-18)31-24(35)16-39-27-32-21-3-1-2-4-22(21)34(27)25(36)13-14-33-26(37)23(40-28(33)38)15-17-5-9-19(30)10-6-17/h1-12,15H,13-14,16H2,(H,31,35)/b23-15-. The Morgan fingerprint density at radius 3 is 2.55 bits per heavy atom. The lowest BCUT2D eigenvalue weighted by atomic mass is 10.2. The molecule has 1 aromatic heterocycles. The van der Waals surface area contributed by atoms with E-state index in [0.29, 0.717) is 41.7 Å². The van der Waals surface area contributed by atoms with Crippen LogP contribution in [-0.2, 0) is 9.59 Å². The van der Waals surface area contributed by atoms with Gasteiger partial charge in [0.25, 0.3) is 5.91 Å². The van der Waals surface area contributed by atoms with Crippen LogP contribution in [0.25, 0.3) is 17.1 Å². The third kappa shape index (κ3) is 6.44. The van der Waals surface area contributed by atoms with Crippen molar-refractivity contribution < 1.29 is 18.8 Å². The van der Waals surface area contributed by atoms with Gasteiger partial charge in [0.1, 0.15) is 10.1 Å². The molecule has 3 aromatic carbocycles. The average Bonchev–Trinajstić information content (AvgIpc) is 3.44. The molecule has 0 unspecified atom stereocenters. The van der Waals surface area contributed by atoms with Crippen LogP contribution in [0.15, 0.2) is 82.9 Å². The van der Waals surface area contributed by atoms with Crippen molar-refractivity contribution in [3.05, 3.63) is 94.1 Å². The van der Waals surface area contributed by atoms with E-state index in [2.05, 4.69) is 10.3 Å². The van der Waals surface area contributed by atoms with Gasteiger partial charge in [-0.25, -0.2) is 9.37 Å². The molecule has 2 heterocycles. The zero-order valence-electron chi connectivity index (χ0n) is 20.7. The van der Waals surface area contributed by atoms with Gasteiger partial charge in [-0.15, -0.1) is 0 Å². The first-order valence-electron chi connectivity index (χ1n) is 12.0. The van der Waals surface area contributed by atoms with Crippen LogP contribution in [0.1, 0.15) is 16.8 Å². The number of halogens is 2. The zero-order valence-corrected chi connectivity index (χ0v) is 23.9. The molecule has 12 heteroatoms. The third-order valence-corrected chi connectivity index (χ3v) is 8.40. The minimum Gasteiger partial charge on any atom is -0.325 e. The SMILES string of the molecule is O=C(CSc1nc2ccccc2n1C(=O)CCN1C(=O)/C(=C/c2ccc(F)cc2)SC1=S)Nc1ccc(Cl)cc1. The van der Waals surface area contributed by atoms with E-state index >= 15 is 0 Å². The summed E-state index contributed by atoms with van der Waals surface area (Å²) in [6.07, 6.45) is 1.63. The molecule has 202 valence electrons. The van der Waals surface area contributed by atoms with Crippen molar-refractivity contribution in [2.24, 2.45) is 0 Å². The van der Waals surface area contributed by atoms with Gasteiger partial charge in [-0.3, -0.25) is 23.9 Å². The Kier molecular flexibility index (Phi) is 8.65. The minimum atomic E-state index is -0.366. The average molecular weight is 611 g/mol. The molecule has 2 amide bonds. The first-order valence-corrected chi connectivity index (χ1v) is 14.6. The second kappa shape index (κ2) is 12.3. The first kappa shape index (κ1) is 28.0. The molecule has 0 bridgehead atoms. The van der Waals surface area contributed by atoms with Gasteiger partial charge in [-0.1, -0.05) is 71.6 Å². The highest BCUT2D eigenvalue weighted by molar-refractivity contribution is 8.26. The van der Waals surface area contributed by atoms with Gasteiger partial charge in [-0.05, 0) is 60.2 Å². The maximum Gasteiger partial charge on any atom is 0.266 e. The van der Waals surface area contributed by atoms with Crippen molar-refractivity contribution in [2.45, 2.75) is 11.6 Å². The Hall–Kier alpha value is -3.51. The largest absolute Gasteiger partial charge is 0.325 e. The molecular weight excluding hydrogens is 591 g/mol. The van der Waals surface area contributed by atoms with Crippen molar-refractivity contribution in [3.8, 4) is 0 Å². The van der Waals surface area contributed by atoms with Gasteiger partial charge in [0.15, 0.2) is 5.16 Å². The van der Waals surface area contributed by atoms with Crippen LogP contribution in [0.5, 0.6) is 0 Å². The quantitative estimate of drug-likeness (QED) is 0.139. The zero-order chi connectivity index (χ0) is 28.2. The Balaban J connectivity index is 1.27. The number of nitrogens with one attached hydrogen (secondary N) is 1. The van der Waals surface area contributed by atoms with E-state index in [1.807, 2.05) is 6.07 Å². The molecule has 4 aromatic rings. The highest BCUT2D eigenvalue weighted by Crippen LogP contribution is 2.33. The predicted molar refractivity (Wildman–Crippen MR) is 162 cm³/mol. The molecular formula is C28H20ClFN4O3S3. The number of imidazole rings is 1. The van der Waals surface area contributed by atoms with Crippen molar-refractivity contribution in [1.29, 1.82) is 0 Å². The number of carbonyl (C=O) groups excluding carboxylic acids is 3. The fourth-order valence-electron chi connectivity index (χ4n) is 3.92. The fraction of sp³-hybridized carbons (Fsp3) is 0.107. The van der Waals surface area contributed by atoms with E-state index < -0.39 is 0 Å². The first-order chi connectivity index (χ1) is 19.3. The molecule has 0 radical (unpaired) electrons. The number of hydrogen-bond acceptors (Lipinski definition) is 7. The number of thioether (sulfide) groups is 2. The summed E-state index contributed by atoms with van der Waals surface area (Å²) in [5.74, 6) is -1.19. The summed E-state index contributed by atoms with van der Waals surface area (Å²) >= 11 is 13.6. The summed E-state index contributed by atoms with van der Waals surface area (Å²) in [6, 6.07) is 19.7. The van der Waals surface area contributed by atoms with Crippen LogP contribution in [0.3, 0.4) is 0 Å².